The molecule has 0 atom stereocenters. The Morgan fingerprint density at radius 3 is 2.29 bits per heavy atom. The van der Waals surface area contributed by atoms with E-state index in [1.54, 1.807) is 13.0 Å². The molecule has 21 heavy (non-hydrogen) atoms. The van der Waals surface area contributed by atoms with Gasteiger partial charge in [-0.15, -0.1) is 0 Å². The zero-order valence-corrected chi connectivity index (χ0v) is 12.1. The van der Waals surface area contributed by atoms with Crippen LogP contribution in [0.15, 0.2) is 47.4 Å². The summed E-state index contributed by atoms with van der Waals surface area (Å²) in [7, 11) is -3.51. The minimum absolute atomic E-state index is 0.0699. The molecule has 0 amide bonds. The summed E-state index contributed by atoms with van der Waals surface area (Å²) in [6.45, 7) is 1.74. The van der Waals surface area contributed by atoms with Gasteiger partial charge < -0.3 is 5.73 Å². The smallest absolute Gasteiger partial charge is 0.269 e. The van der Waals surface area contributed by atoms with Gasteiger partial charge in [0.2, 0.25) is 0 Å². The average molecular weight is 306 g/mol. The first kappa shape index (κ1) is 15.0. The second-order valence-electron chi connectivity index (χ2n) is 4.70. The lowest BCUT2D eigenvalue weighted by Crippen LogP contribution is -2.06. The fourth-order valence-electron chi connectivity index (χ4n) is 1.86. The summed E-state index contributed by atoms with van der Waals surface area (Å²) < 4.78 is 24.6. The highest BCUT2D eigenvalue weighted by molar-refractivity contribution is 7.90. The van der Waals surface area contributed by atoms with Crippen molar-refractivity contribution in [2.24, 2.45) is 0 Å². The molecular formula is C14H14N2O4S. The highest BCUT2D eigenvalue weighted by Gasteiger charge is 2.16. The number of anilines is 1. The van der Waals surface area contributed by atoms with Gasteiger partial charge >= 0.3 is 0 Å². The summed E-state index contributed by atoms with van der Waals surface area (Å²) >= 11 is 0. The summed E-state index contributed by atoms with van der Waals surface area (Å²) in [5.74, 6) is -0.214. The SMILES string of the molecule is Cc1cc(S(=O)(=O)Cc2ccc([N+](=O)[O-])cc2)ccc1N. The minimum Gasteiger partial charge on any atom is -0.399 e. The van der Waals surface area contributed by atoms with E-state index in [-0.39, 0.29) is 16.3 Å². The van der Waals surface area contributed by atoms with Gasteiger partial charge in [-0.3, -0.25) is 10.1 Å². The number of nitrogens with two attached hydrogens (primary N) is 1. The van der Waals surface area contributed by atoms with E-state index in [2.05, 4.69) is 0 Å². The Labute approximate surface area is 122 Å². The quantitative estimate of drug-likeness (QED) is 0.531. The van der Waals surface area contributed by atoms with Crippen molar-refractivity contribution in [3.05, 3.63) is 63.7 Å². The lowest BCUT2D eigenvalue weighted by Gasteiger charge is -2.07. The topological polar surface area (TPSA) is 103 Å². The van der Waals surface area contributed by atoms with E-state index < -0.39 is 14.8 Å². The summed E-state index contributed by atoms with van der Waals surface area (Å²) in [6.07, 6.45) is 0. The van der Waals surface area contributed by atoms with E-state index in [4.69, 9.17) is 5.73 Å². The van der Waals surface area contributed by atoms with Gasteiger partial charge in [0.15, 0.2) is 9.84 Å². The first-order valence-corrected chi connectivity index (χ1v) is 7.77. The predicted molar refractivity (Wildman–Crippen MR) is 79.6 cm³/mol. The van der Waals surface area contributed by atoms with E-state index in [1.165, 1.54) is 36.4 Å². The first-order chi connectivity index (χ1) is 9.79. The third-order valence-electron chi connectivity index (χ3n) is 3.10. The fourth-order valence-corrected chi connectivity index (χ4v) is 3.29. The zero-order valence-electron chi connectivity index (χ0n) is 11.3. The second-order valence-corrected chi connectivity index (χ2v) is 6.69. The maximum atomic E-state index is 12.3. The summed E-state index contributed by atoms with van der Waals surface area (Å²) in [6, 6.07) is 10.0. The molecule has 7 heteroatoms. The molecule has 0 unspecified atom stereocenters. The lowest BCUT2D eigenvalue weighted by molar-refractivity contribution is -0.384. The number of nitro benzene ring substituents is 1. The summed E-state index contributed by atoms with van der Waals surface area (Å²) in [5.41, 5.74) is 7.32. The Hall–Kier alpha value is -2.41. The average Bonchev–Trinajstić information content (AvgIpc) is 2.42. The van der Waals surface area contributed by atoms with Crippen LogP contribution in [0.3, 0.4) is 0 Å². The molecule has 2 aromatic rings. The predicted octanol–water partition coefficient (Wildman–Crippen LogP) is 2.46. The van der Waals surface area contributed by atoms with Crippen molar-refractivity contribution in [2.75, 3.05) is 5.73 Å². The van der Waals surface area contributed by atoms with Crippen LogP contribution in [-0.2, 0) is 15.6 Å². The van der Waals surface area contributed by atoms with Crippen molar-refractivity contribution in [2.45, 2.75) is 17.6 Å². The van der Waals surface area contributed by atoms with Gasteiger partial charge in [-0.1, -0.05) is 12.1 Å². The molecule has 2 aromatic carbocycles. The Bertz CT molecular complexity index is 783. The van der Waals surface area contributed by atoms with Gasteiger partial charge in [0.1, 0.15) is 0 Å². The van der Waals surface area contributed by atoms with Crippen LogP contribution in [0, 0.1) is 17.0 Å². The number of nitrogens with zero attached hydrogens (tertiary/aromatic N) is 1. The molecule has 0 bridgehead atoms. The number of rotatable bonds is 4. The summed E-state index contributed by atoms with van der Waals surface area (Å²) in [4.78, 5) is 10.2. The number of nitro groups is 1. The summed E-state index contributed by atoms with van der Waals surface area (Å²) in [5, 5.41) is 10.6. The lowest BCUT2D eigenvalue weighted by atomic mass is 10.2. The highest BCUT2D eigenvalue weighted by atomic mass is 32.2. The van der Waals surface area contributed by atoms with Gasteiger partial charge in [-0.2, -0.15) is 0 Å². The van der Waals surface area contributed by atoms with E-state index in [0.717, 1.165) is 0 Å². The van der Waals surface area contributed by atoms with Crippen molar-refractivity contribution in [3.8, 4) is 0 Å². The molecule has 0 heterocycles. The Balaban J connectivity index is 2.28. The van der Waals surface area contributed by atoms with Crippen LogP contribution in [0.4, 0.5) is 11.4 Å². The molecular weight excluding hydrogens is 292 g/mol. The zero-order chi connectivity index (χ0) is 15.6. The van der Waals surface area contributed by atoms with Crippen molar-refractivity contribution >= 4 is 21.2 Å². The normalized spacial score (nSPS) is 11.3. The Morgan fingerprint density at radius 1 is 1.14 bits per heavy atom. The second kappa shape index (κ2) is 5.53. The largest absolute Gasteiger partial charge is 0.399 e. The number of hydrogen-bond acceptors (Lipinski definition) is 5. The van der Waals surface area contributed by atoms with Crippen LogP contribution in [0.1, 0.15) is 11.1 Å². The molecule has 0 radical (unpaired) electrons. The molecule has 2 N–H and O–H groups in total. The molecule has 0 aliphatic heterocycles. The van der Waals surface area contributed by atoms with E-state index in [9.17, 15) is 18.5 Å². The van der Waals surface area contributed by atoms with Gasteiger partial charge in [-0.25, -0.2) is 8.42 Å². The number of benzene rings is 2. The van der Waals surface area contributed by atoms with Crippen molar-refractivity contribution in [1.82, 2.24) is 0 Å². The number of non-ortho nitro benzene ring substituents is 1. The third kappa shape index (κ3) is 3.38. The molecule has 0 saturated carbocycles. The van der Waals surface area contributed by atoms with E-state index in [0.29, 0.717) is 16.8 Å². The van der Waals surface area contributed by atoms with Crippen LogP contribution in [0.25, 0.3) is 0 Å². The van der Waals surface area contributed by atoms with Crippen LogP contribution < -0.4 is 5.73 Å². The Morgan fingerprint density at radius 2 is 1.76 bits per heavy atom. The van der Waals surface area contributed by atoms with Crippen LogP contribution in [0.2, 0.25) is 0 Å². The molecule has 6 nitrogen and oxygen atoms in total. The monoisotopic (exact) mass is 306 g/mol. The van der Waals surface area contributed by atoms with Crippen molar-refractivity contribution in [1.29, 1.82) is 0 Å². The van der Waals surface area contributed by atoms with Crippen molar-refractivity contribution in [3.63, 3.8) is 0 Å². The molecule has 0 spiro atoms. The van der Waals surface area contributed by atoms with Gasteiger partial charge in [0.25, 0.3) is 5.69 Å². The maximum absolute atomic E-state index is 12.3. The molecule has 0 aromatic heterocycles. The molecule has 0 fully saturated rings. The molecule has 0 aliphatic rings. The molecule has 2 rings (SSSR count). The van der Waals surface area contributed by atoms with Crippen LogP contribution in [-0.4, -0.2) is 13.3 Å². The third-order valence-corrected chi connectivity index (χ3v) is 4.79. The first-order valence-electron chi connectivity index (χ1n) is 6.12. The molecule has 0 aliphatic carbocycles. The number of aryl methyl sites for hydroxylation is 1. The van der Waals surface area contributed by atoms with Gasteiger partial charge in [-0.05, 0) is 36.2 Å². The van der Waals surface area contributed by atoms with Crippen molar-refractivity contribution < 1.29 is 13.3 Å². The number of sulfone groups is 1. The van der Waals surface area contributed by atoms with E-state index in [1.807, 2.05) is 0 Å². The van der Waals surface area contributed by atoms with Crippen LogP contribution in [0.5, 0.6) is 0 Å². The minimum atomic E-state index is -3.51. The molecule has 0 saturated heterocycles. The Kier molecular flexibility index (Phi) is 3.95. The molecule has 110 valence electrons. The standard InChI is InChI=1S/C14H14N2O4S/c1-10-8-13(6-7-14(10)15)21(19,20)9-11-2-4-12(5-3-11)16(17)18/h2-8H,9,15H2,1H3. The number of nitrogen functional groups attached to an aromatic ring is 1. The van der Waals surface area contributed by atoms with Gasteiger partial charge in [0, 0.05) is 17.8 Å². The maximum Gasteiger partial charge on any atom is 0.269 e. The van der Waals surface area contributed by atoms with Gasteiger partial charge in [0.05, 0.1) is 15.6 Å². The fraction of sp³-hybridized carbons (Fsp3) is 0.143. The van der Waals surface area contributed by atoms with Crippen LogP contribution >= 0.6 is 0 Å². The van der Waals surface area contributed by atoms with E-state index >= 15 is 0 Å². The highest BCUT2D eigenvalue weighted by Crippen LogP contribution is 2.22. The number of hydrogen-bond donors (Lipinski definition) is 1.